The average molecular weight is 219 g/mol. The predicted molar refractivity (Wildman–Crippen MR) is 54.7 cm³/mol. The summed E-state index contributed by atoms with van der Waals surface area (Å²) in [4.78, 5) is 24.9. The van der Waals surface area contributed by atoms with Gasteiger partial charge in [-0.3, -0.25) is 0 Å². The zero-order valence-electron chi connectivity index (χ0n) is 7.52. The third-order valence-corrected chi connectivity index (χ3v) is 1.79. The van der Waals surface area contributed by atoms with Crippen LogP contribution in [-0.4, -0.2) is 56.7 Å². The monoisotopic (exact) mass is 219 g/mol. The normalized spacial score (nSPS) is 9.13. The molecule has 2 N–H and O–H groups in total. The summed E-state index contributed by atoms with van der Waals surface area (Å²) in [5.41, 5.74) is 0.0129. The maximum absolute atomic E-state index is 10.7. The first-order chi connectivity index (χ1) is 6.56. The van der Waals surface area contributed by atoms with Crippen LogP contribution in [-0.2, 0) is 6.42 Å². The molecular weight excluding hydrogens is 209 g/mol. The number of carboxylic acid groups (broad SMARTS) is 2. The Morgan fingerprint density at radius 3 is 2.33 bits per heavy atom. The van der Waals surface area contributed by atoms with Crippen LogP contribution >= 0.6 is 0 Å². The van der Waals surface area contributed by atoms with E-state index in [0.717, 1.165) is 0 Å². The summed E-state index contributed by atoms with van der Waals surface area (Å²) in [6, 6.07) is 1.33. The summed E-state index contributed by atoms with van der Waals surface area (Å²) >= 11 is 0. The Bertz CT molecular complexity index is 392. The second-order valence-electron chi connectivity index (χ2n) is 2.70. The third kappa shape index (κ3) is 3.30. The van der Waals surface area contributed by atoms with E-state index in [0.29, 0.717) is 12.0 Å². The first-order valence-corrected chi connectivity index (χ1v) is 4.01. The van der Waals surface area contributed by atoms with Crippen LogP contribution in [0.25, 0.3) is 0 Å². The quantitative estimate of drug-likeness (QED) is 0.718. The molecule has 0 spiro atoms. The van der Waals surface area contributed by atoms with Crippen molar-refractivity contribution < 1.29 is 19.8 Å². The van der Waals surface area contributed by atoms with Crippen LogP contribution < -0.4 is 0 Å². The molecule has 0 fully saturated rings. The van der Waals surface area contributed by atoms with E-state index in [-0.39, 0.29) is 35.1 Å². The van der Waals surface area contributed by atoms with Crippen molar-refractivity contribution in [2.75, 3.05) is 0 Å². The van der Waals surface area contributed by atoms with Crippen molar-refractivity contribution in [3.8, 4) is 0 Å². The van der Waals surface area contributed by atoms with Gasteiger partial charge in [-0.2, -0.15) is 0 Å². The van der Waals surface area contributed by atoms with Crippen molar-refractivity contribution in [3.63, 3.8) is 0 Å². The van der Waals surface area contributed by atoms with Crippen LogP contribution in [0, 0.1) is 0 Å². The zero-order valence-corrected chi connectivity index (χ0v) is 7.52. The molecule has 1 aromatic rings. The van der Waals surface area contributed by atoms with E-state index in [9.17, 15) is 9.59 Å². The maximum atomic E-state index is 10.7. The number of aromatic nitrogens is 1. The number of aromatic carboxylic acids is 2. The molecular formula is C9H10NNaO4. The Hall–Kier alpha value is -0.910. The fourth-order valence-electron chi connectivity index (χ4n) is 1.03. The van der Waals surface area contributed by atoms with Gasteiger partial charge in [0.25, 0.3) is 0 Å². The molecule has 0 unspecified atom stereocenters. The van der Waals surface area contributed by atoms with Crippen molar-refractivity contribution in [2.45, 2.75) is 13.3 Å². The Balaban J connectivity index is 0.00000196. The van der Waals surface area contributed by atoms with Gasteiger partial charge < -0.3 is 10.2 Å². The molecule has 0 aliphatic heterocycles. The molecule has 6 heteroatoms. The van der Waals surface area contributed by atoms with E-state index in [1.54, 1.807) is 0 Å². The van der Waals surface area contributed by atoms with Crippen LogP contribution in [0.4, 0.5) is 0 Å². The van der Waals surface area contributed by atoms with Gasteiger partial charge in [-0.1, -0.05) is 6.92 Å². The fourth-order valence-corrected chi connectivity index (χ4v) is 1.03. The van der Waals surface area contributed by atoms with Crippen LogP contribution in [0.5, 0.6) is 0 Å². The molecule has 0 saturated heterocycles. The number of pyridine rings is 1. The van der Waals surface area contributed by atoms with Gasteiger partial charge in [-0.05, 0) is 18.1 Å². The van der Waals surface area contributed by atoms with Crippen molar-refractivity contribution in [1.82, 2.24) is 4.98 Å². The summed E-state index contributed by atoms with van der Waals surface area (Å²) in [5, 5.41) is 17.4. The molecule has 0 aliphatic rings. The van der Waals surface area contributed by atoms with Crippen molar-refractivity contribution in [3.05, 3.63) is 29.1 Å². The summed E-state index contributed by atoms with van der Waals surface area (Å²) < 4.78 is 0. The van der Waals surface area contributed by atoms with E-state index in [1.807, 2.05) is 6.92 Å². The Morgan fingerprint density at radius 2 is 1.93 bits per heavy atom. The molecule has 1 rings (SSSR count). The van der Waals surface area contributed by atoms with E-state index in [1.165, 1.54) is 12.3 Å². The van der Waals surface area contributed by atoms with Gasteiger partial charge in [0.1, 0.15) is 0 Å². The summed E-state index contributed by atoms with van der Waals surface area (Å²) in [6.45, 7) is 1.84. The predicted octanol–water partition coefficient (Wildman–Crippen LogP) is 0.392. The number of carbonyl (C=O) groups is 2. The van der Waals surface area contributed by atoms with Crippen LogP contribution in [0.15, 0.2) is 12.3 Å². The first kappa shape index (κ1) is 14.1. The molecule has 0 amide bonds. The first-order valence-electron chi connectivity index (χ1n) is 4.01. The van der Waals surface area contributed by atoms with Crippen LogP contribution in [0.2, 0.25) is 0 Å². The summed E-state index contributed by atoms with van der Waals surface area (Å²) in [5.74, 6) is -2.60. The molecule has 15 heavy (non-hydrogen) atoms. The van der Waals surface area contributed by atoms with Gasteiger partial charge in [-0.25, -0.2) is 14.6 Å². The van der Waals surface area contributed by atoms with Crippen molar-refractivity contribution in [2.24, 2.45) is 0 Å². The second-order valence-corrected chi connectivity index (χ2v) is 2.70. The molecule has 0 radical (unpaired) electrons. The van der Waals surface area contributed by atoms with Crippen molar-refractivity contribution >= 4 is 41.5 Å². The average Bonchev–Trinajstić information content (AvgIpc) is 2.16. The van der Waals surface area contributed by atoms with Gasteiger partial charge in [0.2, 0.25) is 0 Å². The number of aryl methyl sites for hydroxylation is 1. The topological polar surface area (TPSA) is 87.5 Å². The number of carboxylic acids is 2. The number of nitrogens with zero attached hydrogens (tertiary/aromatic N) is 1. The Kier molecular flexibility index (Phi) is 5.49. The molecule has 5 nitrogen and oxygen atoms in total. The van der Waals surface area contributed by atoms with Crippen LogP contribution in [0.3, 0.4) is 0 Å². The number of hydrogen-bond donors (Lipinski definition) is 2. The molecule has 0 atom stereocenters. The van der Waals surface area contributed by atoms with E-state index in [2.05, 4.69) is 4.98 Å². The van der Waals surface area contributed by atoms with E-state index < -0.39 is 17.6 Å². The molecule has 0 aromatic carbocycles. The van der Waals surface area contributed by atoms with E-state index in [4.69, 9.17) is 10.2 Å². The summed E-state index contributed by atoms with van der Waals surface area (Å²) in [6.07, 6.45) is 1.99. The number of hydrogen-bond acceptors (Lipinski definition) is 3. The minimum atomic E-state index is -1.33. The fraction of sp³-hybridized carbons (Fsp3) is 0.222. The standard InChI is InChI=1S/C9H9NO4.Na.H/c1-2-5-3-6(8(11)12)7(9(13)14)10-4-5;;/h3-4H,2H2,1H3,(H,11,12)(H,13,14);;. The molecule has 0 saturated carbocycles. The third-order valence-electron chi connectivity index (χ3n) is 1.79. The summed E-state index contributed by atoms with van der Waals surface area (Å²) in [7, 11) is 0. The van der Waals surface area contributed by atoms with Crippen molar-refractivity contribution in [1.29, 1.82) is 0 Å². The van der Waals surface area contributed by atoms with Gasteiger partial charge in [0, 0.05) is 6.20 Å². The molecule has 1 heterocycles. The SMILES string of the molecule is CCc1cnc(C(=O)O)c(C(=O)O)c1.[NaH]. The number of rotatable bonds is 3. The van der Waals surface area contributed by atoms with E-state index >= 15 is 0 Å². The Labute approximate surface area is 108 Å². The molecule has 0 bridgehead atoms. The van der Waals surface area contributed by atoms with Gasteiger partial charge in [0.05, 0.1) is 5.56 Å². The van der Waals surface area contributed by atoms with Gasteiger partial charge in [-0.15, -0.1) is 0 Å². The molecule has 1 aromatic heterocycles. The molecule has 0 aliphatic carbocycles. The van der Waals surface area contributed by atoms with Crippen LogP contribution in [0.1, 0.15) is 33.3 Å². The second kappa shape index (κ2) is 5.85. The Morgan fingerprint density at radius 1 is 1.33 bits per heavy atom. The minimum absolute atomic E-state index is 0. The van der Waals surface area contributed by atoms with Gasteiger partial charge >= 0.3 is 41.5 Å². The zero-order chi connectivity index (χ0) is 10.7. The molecule has 76 valence electrons. The van der Waals surface area contributed by atoms with Gasteiger partial charge in [0.15, 0.2) is 5.69 Å².